The number of hydrogen-bond acceptors (Lipinski definition) is 4. The maximum absolute atomic E-state index is 12.4. The third kappa shape index (κ3) is 3.57. The Morgan fingerprint density at radius 3 is 2.45 bits per heavy atom. The van der Waals surface area contributed by atoms with Crippen molar-refractivity contribution >= 4 is 12.1 Å². The minimum Gasteiger partial charge on any atom is -0.399 e. The van der Waals surface area contributed by atoms with Crippen LogP contribution < -0.4 is 0 Å². The zero-order valence-electron chi connectivity index (χ0n) is 12.1. The van der Waals surface area contributed by atoms with Gasteiger partial charge in [0.05, 0.1) is 6.21 Å². The van der Waals surface area contributed by atoms with Gasteiger partial charge in [-0.3, -0.25) is 4.79 Å². The van der Waals surface area contributed by atoms with E-state index in [0.717, 1.165) is 43.9 Å². The molecule has 0 unspecified atom stereocenters. The SMILES string of the molecule is CCN1CCN(C(=O)c2ccc(C=NOC)cc2)CC1. The summed E-state index contributed by atoms with van der Waals surface area (Å²) in [6.07, 6.45) is 1.62. The van der Waals surface area contributed by atoms with Gasteiger partial charge in [-0.15, -0.1) is 0 Å². The number of benzene rings is 1. The highest BCUT2D eigenvalue weighted by atomic mass is 16.6. The Kier molecular flexibility index (Phi) is 5.12. The zero-order chi connectivity index (χ0) is 14.4. The van der Waals surface area contributed by atoms with E-state index in [1.165, 1.54) is 7.11 Å². The van der Waals surface area contributed by atoms with Crippen molar-refractivity contribution in [2.24, 2.45) is 5.16 Å². The van der Waals surface area contributed by atoms with E-state index in [1.807, 2.05) is 29.2 Å². The summed E-state index contributed by atoms with van der Waals surface area (Å²) < 4.78 is 0. The Bertz CT molecular complexity index is 463. The molecule has 0 saturated carbocycles. The second-order valence-electron chi connectivity index (χ2n) is 4.77. The molecule has 1 aromatic rings. The number of hydrogen-bond donors (Lipinski definition) is 0. The lowest BCUT2D eigenvalue weighted by Crippen LogP contribution is -2.48. The van der Waals surface area contributed by atoms with Gasteiger partial charge in [-0.1, -0.05) is 24.2 Å². The van der Waals surface area contributed by atoms with Crippen LogP contribution in [0.5, 0.6) is 0 Å². The molecule has 108 valence electrons. The maximum Gasteiger partial charge on any atom is 0.253 e. The van der Waals surface area contributed by atoms with Crippen molar-refractivity contribution < 1.29 is 9.63 Å². The van der Waals surface area contributed by atoms with Crippen molar-refractivity contribution in [2.45, 2.75) is 6.92 Å². The van der Waals surface area contributed by atoms with E-state index in [-0.39, 0.29) is 5.91 Å². The molecule has 1 fully saturated rings. The summed E-state index contributed by atoms with van der Waals surface area (Å²) in [7, 11) is 1.50. The van der Waals surface area contributed by atoms with Gasteiger partial charge in [0.1, 0.15) is 7.11 Å². The average molecular weight is 275 g/mol. The molecule has 0 aromatic heterocycles. The Labute approximate surface area is 119 Å². The van der Waals surface area contributed by atoms with E-state index in [0.29, 0.717) is 0 Å². The largest absolute Gasteiger partial charge is 0.399 e. The van der Waals surface area contributed by atoms with Crippen molar-refractivity contribution in [1.29, 1.82) is 0 Å². The second kappa shape index (κ2) is 7.05. The fourth-order valence-electron chi connectivity index (χ4n) is 2.28. The highest BCUT2D eigenvalue weighted by molar-refractivity contribution is 5.95. The Morgan fingerprint density at radius 1 is 1.25 bits per heavy atom. The van der Waals surface area contributed by atoms with Crippen LogP contribution in [0.1, 0.15) is 22.8 Å². The van der Waals surface area contributed by atoms with Crippen molar-refractivity contribution in [3.63, 3.8) is 0 Å². The van der Waals surface area contributed by atoms with Gasteiger partial charge in [-0.05, 0) is 24.2 Å². The molecule has 5 heteroatoms. The Morgan fingerprint density at radius 2 is 1.90 bits per heavy atom. The highest BCUT2D eigenvalue weighted by Crippen LogP contribution is 2.09. The summed E-state index contributed by atoms with van der Waals surface area (Å²) in [5.41, 5.74) is 1.64. The molecule has 1 aliphatic rings. The molecule has 1 amide bonds. The highest BCUT2D eigenvalue weighted by Gasteiger charge is 2.20. The summed E-state index contributed by atoms with van der Waals surface area (Å²) in [6, 6.07) is 7.42. The normalized spacial score (nSPS) is 16.6. The molecule has 0 radical (unpaired) electrons. The molecule has 0 spiro atoms. The molecular formula is C15H21N3O2. The lowest BCUT2D eigenvalue weighted by molar-refractivity contribution is 0.0643. The lowest BCUT2D eigenvalue weighted by Gasteiger charge is -2.34. The van der Waals surface area contributed by atoms with E-state index in [9.17, 15) is 4.79 Å². The van der Waals surface area contributed by atoms with Gasteiger partial charge in [0.2, 0.25) is 0 Å². The van der Waals surface area contributed by atoms with Crippen molar-refractivity contribution in [2.75, 3.05) is 39.8 Å². The molecule has 0 aliphatic carbocycles. The Balaban J connectivity index is 1.97. The van der Waals surface area contributed by atoms with Crippen molar-refractivity contribution in [1.82, 2.24) is 9.80 Å². The summed E-state index contributed by atoms with van der Waals surface area (Å²) >= 11 is 0. The molecule has 5 nitrogen and oxygen atoms in total. The first-order valence-electron chi connectivity index (χ1n) is 6.93. The first-order valence-corrected chi connectivity index (χ1v) is 6.93. The molecule has 2 rings (SSSR count). The molecule has 1 aliphatic heterocycles. The maximum atomic E-state index is 12.4. The van der Waals surface area contributed by atoms with Crippen LogP contribution in [0.25, 0.3) is 0 Å². The van der Waals surface area contributed by atoms with Gasteiger partial charge in [0.15, 0.2) is 0 Å². The third-order valence-electron chi connectivity index (χ3n) is 3.57. The van der Waals surface area contributed by atoms with E-state index in [1.54, 1.807) is 6.21 Å². The number of carbonyl (C=O) groups is 1. The number of nitrogens with zero attached hydrogens (tertiary/aromatic N) is 3. The number of amides is 1. The van der Waals surface area contributed by atoms with Crippen LogP contribution in [0.15, 0.2) is 29.4 Å². The molecule has 0 bridgehead atoms. The summed E-state index contributed by atoms with van der Waals surface area (Å²) in [5.74, 6) is 0.107. The molecule has 20 heavy (non-hydrogen) atoms. The first-order chi connectivity index (χ1) is 9.74. The summed E-state index contributed by atoms with van der Waals surface area (Å²) in [5, 5.41) is 3.70. The molecule has 1 saturated heterocycles. The first kappa shape index (κ1) is 14.5. The van der Waals surface area contributed by atoms with Crippen LogP contribution in [0.3, 0.4) is 0 Å². The quantitative estimate of drug-likeness (QED) is 0.617. The molecule has 0 N–H and O–H groups in total. The van der Waals surface area contributed by atoms with Crippen LogP contribution in [0, 0.1) is 0 Å². The number of carbonyl (C=O) groups excluding carboxylic acids is 1. The Hall–Kier alpha value is -1.88. The second-order valence-corrected chi connectivity index (χ2v) is 4.77. The van der Waals surface area contributed by atoms with E-state index in [2.05, 4.69) is 21.8 Å². The van der Waals surface area contributed by atoms with Gasteiger partial charge in [-0.25, -0.2) is 0 Å². The smallest absolute Gasteiger partial charge is 0.253 e. The van der Waals surface area contributed by atoms with Crippen LogP contribution in [-0.4, -0.2) is 61.8 Å². The molecular weight excluding hydrogens is 254 g/mol. The van der Waals surface area contributed by atoms with Gasteiger partial charge >= 0.3 is 0 Å². The summed E-state index contributed by atoms with van der Waals surface area (Å²) in [4.78, 5) is 21.3. The van der Waals surface area contributed by atoms with Gasteiger partial charge in [0, 0.05) is 31.7 Å². The fraction of sp³-hybridized carbons (Fsp3) is 0.467. The van der Waals surface area contributed by atoms with Crippen molar-refractivity contribution in [3.05, 3.63) is 35.4 Å². The molecule has 0 atom stereocenters. The van der Waals surface area contributed by atoms with Crippen LogP contribution in [-0.2, 0) is 4.84 Å². The van der Waals surface area contributed by atoms with E-state index < -0.39 is 0 Å². The van der Waals surface area contributed by atoms with Crippen LogP contribution >= 0.6 is 0 Å². The van der Waals surface area contributed by atoms with Crippen LogP contribution in [0.2, 0.25) is 0 Å². The predicted molar refractivity (Wildman–Crippen MR) is 79.1 cm³/mol. The lowest BCUT2D eigenvalue weighted by atomic mass is 10.1. The minimum atomic E-state index is 0.107. The van der Waals surface area contributed by atoms with Crippen molar-refractivity contribution in [3.8, 4) is 0 Å². The summed E-state index contributed by atoms with van der Waals surface area (Å²) in [6.45, 7) is 6.73. The van der Waals surface area contributed by atoms with Crippen LogP contribution in [0.4, 0.5) is 0 Å². The fourth-order valence-corrected chi connectivity index (χ4v) is 2.28. The average Bonchev–Trinajstić information content (AvgIpc) is 2.53. The van der Waals surface area contributed by atoms with E-state index >= 15 is 0 Å². The zero-order valence-corrected chi connectivity index (χ0v) is 12.1. The van der Waals surface area contributed by atoms with Gasteiger partial charge < -0.3 is 14.6 Å². The topological polar surface area (TPSA) is 45.1 Å². The number of rotatable bonds is 4. The molecule has 1 aromatic carbocycles. The number of piperazine rings is 1. The number of likely N-dealkylation sites (N-methyl/N-ethyl adjacent to an activating group) is 1. The standard InChI is InChI=1S/C15H21N3O2/c1-3-17-8-10-18(11-9-17)15(19)14-6-4-13(5-7-14)12-16-20-2/h4-7,12H,3,8-11H2,1-2H3. The minimum absolute atomic E-state index is 0.107. The van der Waals surface area contributed by atoms with Gasteiger partial charge in [-0.2, -0.15) is 0 Å². The monoisotopic (exact) mass is 275 g/mol. The van der Waals surface area contributed by atoms with E-state index in [4.69, 9.17) is 0 Å². The van der Waals surface area contributed by atoms with Gasteiger partial charge in [0.25, 0.3) is 5.91 Å². The third-order valence-corrected chi connectivity index (χ3v) is 3.57. The number of oxime groups is 1. The predicted octanol–water partition coefficient (Wildman–Crippen LogP) is 1.44. The molecule has 1 heterocycles.